The third-order valence-corrected chi connectivity index (χ3v) is 3.24. The molecule has 5 nitrogen and oxygen atoms in total. The number of non-ortho nitro benzene ring substituents is 1. The summed E-state index contributed by atoms with van der Waals surface area (Å²) in [6.07, 6.45) is 0.195. The first-order valence-electron chi connectivity index (χ1n) is 4.97. The summed E-state index contributed by atoms with van der Waals surface area (Å²) in [5.41, 5.74) is 1.54. The molecule has 0 amide bonds. The van der Waals surface area contributed by atoms with Crippen molar-refractivity contribution in [1.29, 1.82) is 0 Å². The molecule has 0 aliphatic rings. The van der Waals surface area contributed by atoms with Gasteiger partial charge >= 0.3 is 0 Å². The summed E-state index contributed by atoms with van der Waals surface area (Å²) in [5.74, 6) is 0. The normalized spacial score (nSPS) is 10.3. The monoisotopic (exact) mass is 280 g/mol. The van der Waals surface area contributed by atoms with Crippen LogP contribution >= 0.6 is 24.0 Å². The van der Waals surface area contributed by atoms with E-state index < -0.39 is 4.92 Å². The first-order chi connectivity index (χ1) is 8.56. The SMILES string of the molecule is O=C(S)Cc1nc(-c2ccc([N+](=O)[O-])cc2)cs1. The number of carbonyl (C=O) groups excluding carboxylic acids is 1. The quantitative estimate of drug-likeness (QED) is 0.531. The van der Waals surface area contributed by atoms with E-state index in [1.54, 1.807) is 12.1 Å². The van der Waals surface area contributed by atoms with Crippen molar-refractivity contribution in [2.75, 3.05) is 0 Å². The Morgan fingerprint density at radius 3 is 2.61 bits per heavy atom. The van der Waals surface area contributed by atoms with Crippen LogP contribution in [0.25, 0.3) is 11.3 Å². The Hall–Kier alpha value is -1.73. The highest BCUT2D eigenvalue weighted by Crippen LogP contribution is 2.24. The van der Waals surface area contributed by atoms with Gasteiger partial charge in [0.25, 0.3) is 5.69 Å². The molecular weight excluding hydrogens is 272 g/mol. The molecule has 0 unspecified atom stereocenters. The molecule has 0 bridgehead atoms. The van der Waals surface area contributed by atoms with Gasteiger partial charge in [-0.25, -0.2) is 4.98 Å². The van der Waals surface area contributed by atoms with Crippen molar-refractivity contribution in [3.05, 3.63) is 44.8 Å². The number of rotatable bonds is 4. The Morgan fingerprint density at radius 1 is 1.39 bits per heavy atom. The Balaban J connectivity index is 2.23. The lowest BCUT2D eigenvalue weighted by Crippen LogP contribution is -1.92. The van der Waals surface area contributed by atoms with Crippen molar-refractivity contribution in [3.63, 3.8) is 0 Å². The molecule has 2 aromatic rings. The Bertz CT molecular complexity index is 593. The van der Waals surface area contributed by atoms with Crippen molar-refractivity contribution in [2.45, 2.75) is 6.42 Å². The van der Waals surface area contributed by atoms with Gasteiger partial charge in [0.15, 0.2) is 5.12 Å². The van der Waals surface area contributed by atoms with E-state index >= 15 is 0 Å². The number of aromatic nitrogens is 1. The third kappa shape index (κ3) is 2.93. The van der Waals surface area contributed by atoms with Crippen LogP contribution in [0.2, 0.25) is 0 Å². The Labute approximate surface area is 112 Å². The van der Waals surface area contributed by atoms with Crippen molar-refractivity contribution in [1.82, 2.24) is 4.98 Å². The first kappa shape index (κ1) is 12.7. The molecule has 1 aromatic heterocycles. The van der Waals surface area contributed by atoms with Crippen molar-refractivity contribution >= 4 is 34.8 Å². The molecule has 7 heteroatoms. The Morgan fingerprint density at radius 2 is 2.06 bits per heavy atom. The highest BCUT2D eigenvalue weighted by molar-refractivity contribution is 7.96. The zero-order valence-electron chi connectivity index (χ0n) is 9.07. The molecule has 0 saturated heterocycles. The van der Waals surface area contributed by atoms with E-state index in [9.17, 15) is 14.9 Å². The number of benzene rings is 1. The van der Waals surface area contributed by atoms with Crippen molar-refractivity contribution in [2.24, 2.45) is 0 Å². The van der Waals surface area contributed by atoms with E-state index in [1.807, 2.05) is 5.38 Å². The van der Waals surface area contributed by atoms with Crippen molar-refractivity contribution in [3.8, 4) is 11.3 Å². The molecule has 0 N–H and O–H groups in total. The van der Waals surface area contributed by atoms with Gasteiger partial charge in [-0.1, -0.05) is 0 Å². The number of thiol groups is 1. The maximum atomic E-state index is 10.8. The van der Waals surface area contributed by atoms with Crippen LogP contribution in [0.4, 0.5) is 5.69 Å². The Kier molecular flexibility index (Phi) is 3.73. The average Bonchev–Trinajstić information content (AvgIpc) is 2.76. The summed E-state index contributed by atoms with van der Waals surface area (Å²) < 4.78 is 0. The van der Waals surface area contributed by atoms with Crippen LogP contribution in [-0.4, -0.2) is 15.0 Å². The minimum atomic E-state index is -0.449. The van der Waals surface area contributed by atoms with Crippen LogP contribution < -0.4 is 0 Å². The van der Waals surface area contributed by atoms with E-state index in [4.69, 9.17) is 0 Å². The van der Waals surface area contributed by atoms with E-state index in [0.717, 1.165) is 5.56 Å². The van der Waals surface area contributed by atoms with Crippen LogP contribution in [0.15, 0.2) is 29.6 Å². The highest BCUT2D eigenvalue weighted by Gasteiger charge is 2.09. The summed E-state index contributed by atoms with van der Waals surface area (Å²) in [7, 11) is 0. The van der Waals surface area contributed by atoms with Gasteiger partial charge in [0.1, 0.15) is 5.01 Å². The topological polar surface area (TPSA) is 73.1 Å². The second-order valence-corrected chi connectivity index (χ2v) is 4.94. The van der Waals surface area contributed by atoms with Crippen LogP contribution in [0.1, 0.15) is 5.01 Å². The number of nitro benzene ring substituents is 1. The largest absolute Gasteiger partial charge is 0.287 e. The molecule has 1 aromatic carbocycles. The molecule has 0 fully saturated rings. The smallest absolute Gasteiger partial charge is 0.269 e. The fourth-order valence-electron chi connectivity index (χ4n) is 1.41. The van der Waals surface area contributed by atoms with Gasteiger partial charge in [0.05, 0.1) is 17.0 Å². The number of carbonyl (C=O) groups is 1. The summed E-state index contributed by atoms with van der Waals surface area (Å²) in [5, 5.41) is 12.8. The summed E-state index contributed by atoms with van der Waals surface area (Å²) in [4.78, 5) is 25.2. The fourth-order valence-corrected chi connectivity index (χ4v) is 2.47. The lowest BCUT2D eigenvalue weighted by Gasteiger charge is -1.96. The molecule has 0 atom stereocenters. The van der Waals surface area contributed by atoms with Gasteiger partial charge in [0.2, 0.25) is 0 Å². The number of nitrogens with zero attached hydrogens (tertiary/aromatic N) is 2. The summed E-state index contributed by atoms with van der Waals surface area (Å²) in [6, 6.07) is 6.13. The molecule has 18 heavy (non-hydrogen) atoms. The third-order valence-electron chi connectivity index (χ3n) is 2.23. The second-order valence-electron chi connectivity index (χ2n) is 3.50. The fraction of sp³-hybridized carbons (Fsp3) is 0.0909. The lowest BCUT2D eigenvalue weighted by atomic mass is 10.1. The van der Waals surface area contributed by atoms with Gasteiger partial charge in [-0.05, 0) is 12.1 Å². The summed E-state index contributed by atoms with van der Waals surface area (Å²) in [6.45, 7) is 0. The first-order valence-corrected chi connectivity index (χ1v) is 6.30. The van der Waals surface area contributed by atoms with Crippen LogP contribution in [0.5, 0.6) is 0 Å². The van der Waals surface area contributed by atoms with Gasteiger partial charge < -0.3 is 0 Å². The predicted molar refractivity (Wildman–Crippen MR) is 71.9 cm³/mol. The number of thiazole rings is 1. The van der Waals surface area contributed by atoms with E-state index in [1.165, 1.54) is 23.5 Å². The average molecular weight is 280 g/mol. The van der Waals surface area contributed by atoms with Crippen molar-refractivity contribution < 1.29 is 9.72 Å². The molecule has 0 radical (unpaired) electrons. The molecule has 0 spiro atoms. The van der Waals surface area contributed by atoms with E-state index in [0.29, 0.717) is 10.7 Å². The second kappa shape index (κ2) is 5.28. The standard InChI is InChI=1S/C11H8N2O3S2/c14-11(17)5-10-12-9(6-18-10)7-1-3-8(4-2-7)13(15)16/h1-4,6H,5H2,(H,14,17). The van der Waals surface area contributed by atoms with E-state index in [-0.39, 0.29) is 17.2 Å². The van der Waals surface area contributed by atoms with E-state index in [2.05, 4.69) is 17.6 Å². The van der Waals surface area contributed by atoms with Gasteiger partial charge in [-0.3, -0.25) is 14.9 Å². The minimum absolute atomic E-state index is 0.0414. The minimum Gasteiger partial charge on any atom is -0.287 e. The predicted octanol–water partition coefficient (Wildman–Crippen LogP) is 2.72. The zero-order chi connectivity index (χ0) is 13.1. The molecule has 0 aliphatic heterocycles. The maximum Gasteiger partial charge on any atom is 0.269 e. The molecule has 0 saturated carbocycles. The van der Waals surface area contributed by atoms with Gasteiger partial charge in [0, 0.05) is 23.1 Å². The number of hydrogen-bond donors (Lipinski definition) is 1. The lowest BCUT2D eigenvalue weighted by molar-refractivity contribution is -0.384. The molecule has 0 aliphatic carbocycles. The van der Waals surface area contributed by atoms with Crippen LogP contribution in [-0.2, 0) is 11.2 Å². The van der Waals surface area contributed by atoms with Gasteiger partial charge in [-0.15, -0.1) is 24.0 Å². The van der Waals surface area contributed by atoms with Crippen LogP contribution in [0.3, 0.4) is 0 Å². The van der Waals surface area contributed by atoms with Crippen LogP contribution in [0, 0.1) is 10.1 Å². The number of hydrogen-bond acceptors (Lipinski definition) is 5. The highest BCUT2D eigenvalue weighted by atomic mass is 32.1. The van der Waals surface area contributed by atoms with Gasteiger partial charge in [-0.2, -0.15) is 0 Å². The molecule has 92 valence electrons. The number of nitro groups is 1. The molecule has 1 heterocycles. The molecular formula is C11H8N2O3S2. The summed E-state index contributed by atoms with van der Waals surface area (Å²) >= 11 is 5.06. The molecule has 2 rings (SSSR count). The maximum absolute atomic E-state index is 10.8. The zero-order valence-corrected chi connectivity index (χ0v) is 10.8.